The molecule has 0 aliphatic heterocycles. The van der Waals surface area contributed by atoms with Gasteiger partial charge in [-0.15, -0.1) is 0 Å². The molecule has 0 unspecified atom stereocenters. The van der Waals surface area contributed by atoms with Gasteiger partial charge in [0.15, 0.2) is 0 Å². The summed E-state index contributed by atoms with van der Waals surface area (Å²) >= 11 is -0.209. The highest BCUT2D eigenvalue weighted by atomic mass is 32.2. The Morgan fingerprint density at radius 2 is 1.80 bits per heavy atom. The quantitative estimate of drug-likeness (QED) is 0.869. The maximum atomic E-state index is 11.8. The van der Waals surface area contributed by atoms with E-state index < -0.39 is 11.6 Å². The third-order valence-corrected chi connectivity index (χ3v) is 2.68. The summed E-state index contributed by atoms with van der Waals surface area (Å²) in [5.74, 6) is -0.368. The summed E-state index contributed by atoms with van der Waals surface area (Å²) in [6.07, 6.45) is -1.07. The first-order valence-corrected chi connectivity index (χ1v) is 5.32. The van der Waals surface area contributed by atoms with Gasteiger partial charge in [-0.1, -0.05) is 29.8 Å². The molecule has 84 valence electrons. The third-order valence-electron chi connectivity index (χ3n) is 1.87. The van der Waals surface area contributed by atoms with E-state index in [1.165, 1.54) is 0 Å². The highest BCUT2D eigenvalue weighted by Crippen LogP contribution is 2.33. The predicted octanol–water partition coefficient (Wildman–Crippen LogP) is 3.28. The van der Waals surface area contributed by atoms with Crippen molar-refractivity contribution in [1.29, 1.82) is 0 Å². The van der Waals surface area contributed by atoms with Crippen molar-refractivity contribution >= 4 is 11.8 Å². The van der Waals surface area contributed by atoms with E-state index in [2.05, 4.69) is 0 Å². The molecule has 15 heavy (non-hydrogen) atoms. The largest absolute Gasteiger partial charge is 0.441 e. The van der Waals surface area contributed by atoms with Gasteiger partial charge in [-0.2, -0.15) is 13.2 Å². The molecule has 0 saturated carbocycles. The van der Waals surface area contributed by atoms with E-state index in [9.17, 15) is 18.3 Å². The minimum atomic E-state index is -4.29. The van der Waals surface area contributed by atoms with Crippen molar-refractivity contribution in [3.8, 4) is 0 Å². The van der Waals surface area contributed by atoms with Gasteiger partial charge in [-0.05, 0) is 24.2 Å². The summed E-state index contributed by atoms with van der Waals surface area (Å²) in [5, 5.41) is 9.45. The second-order valence-corrected chi connectivity index (χ2v) is 4.27. The van der Waals surface area contributed by atoms with Crippen LogP contribution in [0.15, 0.2) is 24.3 Å². The number of benzene rings is 1. The van der Waals surface area contributed by atoms with Crippen LogP contribution in [0.5, 0.6) is 0 Å². The first-order valence-electron chi connectivity index (χ1n) is 4.34. The lowest BCUT2D eigenvalue weighted by Crippen LogP contribution is -2.07. The molecule has 0 bridgehead atoms. The average Bonchev–Trinajstić information content (AvgIpc) is 2.14. The molecule has 1 nitrogen and oxygen atoms in total. The van der Waals surface area contributed by atoms with Crippen molar-refractivity contribution in [1.82, 2.24) is 0 Å². The summed E-state index contributed by atoms with van der Waals surface area (Å²) < 4.78 is 35.5. The van der Waals surface area contributed by atoms with Crippen LogP contribution < -0.4 is 0 Å². The summed E-state index contributed by atoms with van der Waals surface area (Å²) in [4.78, 5) is 0. The highest BCUT2D eigenvalue weighted by Gasteiger charge is 2.29. The summed E-state index contributed by atoms with van der Waals surface area (Å²) in [5.41, 5.74) is -2.77. The number of alkyl halides is 3. The van der Waals surface area contributed by atoms with Crippen molar-refractivity contribution < 1.29 is 18.3 Å². The Bertz CT molecular complexity index is 307. The normalized spacial score (nSPS) is 13.9. The molecule has 0 fully saturated rings. The lowest BCUT2D eigenvalue weighted by molar-refractivity contribution is -0.0333. The van der Waals surface area contributed by atoms with Crippen LogP contribution in [0.3, 0.4) is 0 Å². The summed E-state index contributed by atoms with van der Waals surface area (Å²) in [6, 6.07) is 6.79. The fourth-order valence-electron chi connectivity index (χ4n) is 1.06. The molecule has 1 aromatic rings. The minimum Gasteiger partial charge on any atom is -0.388 e. The second-order valence-electron chi connectivity index (χ2n) is 3.18. The van der Waals surface area contributed by atoms with Crippen LogP contribution in [-0.2, 0) is 0 Å². The standard InChI is InChI=1S/C10H11F3OS/c1-7-2-4-8(5-3-7)9(14)6-15-10(11,12)13/h2-5,9,14H,6H2,1H3/t9-/m1/s1. The Labute approximate surface area is 90.3 Å². The topological polar surface area (TPSA) is 20.2 Å². The Morgan fingerprint density at radius 3 is 2.27 bits per heavy atom. The van der Waals surface area contributed by atoms with E-state index in [1.807, 2.05) is 6.92 Å². The highest BCUT2D eigenvalue weighted by molar-refractivity contribution is 8.00. The molecule has 0 aliphatic carbocycles. The van der Waals surface area contributed by atoms with Gasteiger partial charge in [0.05, 0.1) is 6.10 Å². The molecule has 1 N–H and O–H groups in total. The van der Waals surface area contributed by atoms with Gasteiger partial charge in [-0.3, -0.25) is 0 Å². The van der Waals surface area contributed by atoms with Crippen LogP contribution in [0.25, 0.3) is 0 Å². The molecular weight excluding hydrogens is 225 g/mol. The van der Waals surface area contributed by atoms with Gasteiger partial charge in [0.25, 0.3) is 0 Å². The zero-order valence-corrected chi connectivity index (χ0v) is 8.90. The van der Waals surface area contributed by atoms with E-state index in [-0.39, 0.29) is 17.5 Å². The molecule has 0 spiro atoms. The molecule has 0 saturated heterocycles. The van der Waals surface area contributed by atoms with Gasteiger partial charge < -0.3 is 5.11 Å². The number of thioether (sulfide) groups is 1. The van der Waals surface area contributed by atoms with Crippen LogP contribution in [0.2, 0.25) is 0 Å². The fourth-order valence-corrected chi connectivity index (χ4v) is 1.60. The number of hydrogen-bond donors (Lipinski definition) is 1. The van der Waals surface area contributed by atoms with Crippen LogP contribution in [0, 0.1) is 6.92 Å². The molecule has 1 atom stereocenters. The molecule has 5 heteroatoms. The Morgan fingerprint density at radius 1 is 1.27 bits per heavy atom. The Balaban J connectivity index is 2.54. The minimum absolute atomic E-state index is 0.209. The number of halogens is 3. The Kier molecular flexibility index (Phi) is 4.04. The molecule has 1 rings (SSSR count). The third kappa shape index (κ3) is 4.57. The number of aryl methyl sites for hydroxylation is 1. The smallest absolute Gasteiger partial charge is 0.388 e. The summed E-state index contributed by atoms with van der Waals surface area (Å²) in [6.45, 7) is 1.88. The van der Waals surface area contributed by atoms with Crippen LogP contribution in [0.1, 0.15) is 17.2 Å². The molecular formula is C10H11F3OS. The van der Waals surface area contributed by atoms with E-state index in [0.29, 0.717) is 5.56 Å². The number of aliphatic hydroxyl groups is 1. The lowest BCUT2D eigenvalue weighted by atomic mass is 10.1. The van der Waals surface area contributed by atoms with E-state index in [4.69, 9.17) is 0 Å². The van der Waals surface area contributed by atoms with E-state index in [0.717, 1.165) is 5.56 Å². The molecule has 0 amide bonds. The van der Waals surface area contributed by atoms with Crippen molar-refractivity contribution in [2.75, 3.05) is 5.75 Å². The maximum Gasteiger partial charge on any atom is 0.441 e. The molecule has 0 aromatic heterocycles. The molecule has 1 aromatic carbocycles. The van der Waals surface area contributed by atoms with Gasteiger partial charge in [0, 0.05) is 5.75 Å². The van der Waals surface area contributed by atoms with Gasteiger partial charge in [0.2, 0.25) is 0 Å². The number of aliphatic hydroxyl groups excluding tert-OH is 1. The number of hydrogen-bond acceptors (Lipinski definition) is 2. The van der Waals surface area contributed by atoms with Crippen molar-refractivity contribution in [3.63, 3.8) is 0 Å². The van der Waals surface area contributed by atoms with Crippen molar-refractivity contribution in [3.05, 3.63) is 35.4 Å². The molecule has 0 heterocycles. The van der Waals surface area contributed by atoms with Crippen LogP contribution >= 0.6 is 11.8 Å². The van der Waals surface area contributed by atoms with E-state index >= 15 is 0 Å². The van der Waals surface area contributed by atoms with E-state index in [1.54, 1.807) is 24.3 Å². The zero-order valence-electron chi connectivity index (χ0n) is 8.08. The monoisotopic (exact) mass is 236 g/mol. The predicted molar refractivity (Wildman–Crippen MR) is 54.7 cm³/mol. The van der Waals surface area contributed by atoms with Gasteiger partial charge in [-0.25, -0.2) is 0 Å². The molecule has 0 radical (unpaired) electrons. The fraction of sp³-hybridized carbons (Fsp3) is 0.400. The summed E-state index contributed by atoms with van der Waals surface area (Å²) in [7, 11) is 0. The first-order chi connectivity index (χ1) is 6.88. The second kappa shape index (κ2) is 4.90. The first kappa shape index (κ1) is 12.4. The zero-order chi connectivity index (χ0) is 11.5. The van der Waals surface area contributed by atoms with Crippen molar-refractivity contribution in [2.45, 2.75) is 18.5 Å². The Hall–Kier alpha value is -0.680. The van der Waals surface area contributed by atoms with Crippen LogP contribution in [0.4, 0.5) is 13.2 Å². The SMILES string of the molecule is Cc1ccc([C@H](O)CSC(F)(F)F)cc1. The molecule has 0 aliphatic rings. The van der Waals surface area contributed by atoms with Crippen molar-refractivity contribution in [2.24, 2.45) is 0 Å². The van der Waals surface area contributed by atoms with Gasteiger partial charge >= 0.3 is 5.51 Å². The lowest BCUT2D eigenvalue weighted by Gasteiger charge is -2.12. The average molecular weight is 236 g/mol. The van der Waals surface area contributed by atoms with Gasteiger partial charge in [0.1, 0.15) is 0 Å². The number of rotatable bonds is 3. The van der Waals surface area contributed by atoms with Crippen LogP contribution in [-0.4, -0.2) is 16.4 Å². The maximum absolute atomic E-state index is 11.8.